The van der Waals surface area contributed by atoms with Crippen molar-refractivity contribution in [3.05, 3.63) is 117 Å². The van der Waals surface area contributed by atoms with Gasteiger partial charge in [0.25, 0.3) is 0 Å². The third kappa shape index (κ3) is 7.99. The van der Waals surface area contributed by atoms with Crippen molar-refractivity contribution >= 4 is 44.6 Å². The van der Waals surface area contributed by atoms with E-state index in [2.05, 4.69) is 52.9 Å². The summed E-state index contributed by atoms with van der Waals surface area (Å²) in [4.78, 5) is 20.8. The molecule has 232 valence electrons. The topological polar surface area (TPSA) is 96.6 Å². The van der Waals surface area contributed by atoms with E-state index < -0.39 is 15.7 Å². The van der Waals surface area contributed by atoms with Crippen LogP contribution in [0.1, 0.15) is 48.6 Å². The molecule has 0 aliphatic carbocycles. The molecule has 2 N–H and O–H groups in total. The fraction of sp³-hybridized carbons (Fsp3) is 0.294. The van der Waals surface area contributed by atoms with Crippen LogP contribution in [0, 0.1) is 6.92 Å². The molecule has 4 rings (SSSR count). The van der Waals surface area contributed by atoms with E-state index >= 15 is 0 Å². The summed E-state index contributed by atoms with van der Waals surface area (Å²) in [5.41, 5.74) is 10.2. The Morgan fingerprint density at radius 2 is 1.59 bits per heavy atom. The SMILES string of the molecule is CCN(CC)Cc1ccc(CC(c2cccnc2)N(CCC(N)=O)c2ccc(S(=O)(=O)c3ccc(Cl)c(C)c3Cl)cc2)cc1. The van der Waals surface area contributed by atoms with E-state index in [1.807, 2.05) is 18.3 Å². The maximum atomic E-state index is 13.5. The minimum atomic E-state index is -3.91. The molecule has 3 aromatic carbocycles. The van der Waals surface area contributed by atoms with Crippen LogP contribution in [0.3, 0.4) is 0 Å². The fourth-order valence-electron chi connectivity index (χ4n) is 5.17. The normalized spacial score (nSPS) is 12.3. The minimum absolute atomic E-state index is 0.00270. The Morgan fingerprint density at radius 1 is 0.932 bits per heavy atom. The summed E-state index contributed by atoms with van der Waals surface area (Å²) in [7, 11) is -3.91. The number of rotatable bonds is 14. The van der Waals surface area contributed by atoms with Crippen LogP contribution in [-0.4, -0.2) is 43.8 Å². The number of sulfone groups is 1. The third-order valence-corrected chi connectivity index (χ3v) is 10.7. The summed E-state index contributed by atoms with van der Waals surface area (Å²) in [6.45, 7) is 9.20. The van der Waals surface area contributed by atoms with Crippen LogP contribution in [-0.2, 0) is 27.6 Å². The molecule has 0 aliphatic rings. The number of anilines is 1. The highest BCUT2D eigenvalue weighted by atomic mass is 35.5. The van der Waals surface area contributed by atoms with Crippen LogP contribution >= 0.6 is 23.2 Å². The van der Waals surface area contributed by atoms with Crippen molar-refractivity contribution in [2.45, 2.75) is 56.0 Å². The van der Waals surface area contributed by atoms with E-state index in [-0.39, 0.29) is 27.3 Å². The van der Waals surface area contributed by atoms with Crippen LogP contribution < -0.4 is 10.6 Å². The minimum Gasteiger partial charge on any atom is -0.370 e. The Balaban J connectivity index is 1.70. The van der Waals surface area contributed by atoms with E-state index in [4.69, 9.17) is 28.9 Å². The molecule has 0 radical (unpaired) electrons. The number of halogens is 2. The van der Waals surface area contributed by atoms with Gasteiger partial charge in [-0.1, -0.05) is 67.4 Å². The second-order valence-corrected chi connectivity index (χ2v) is 13.4. The van der Waals surface area contributed by atoms with Crippen molar-refractivity contribution in [2.24, 2.45) is 5.73 Å². The molecule has 1 unspecified atom stereocenters. The van der Waals surface area contributed by atoms with Crippen LogP contribution in [0.4, 0.5) is 5.69 Å². The molecular weight excluding hydrogens is 615 g/mol. The van der Waals surface area contributed by atoms with Crippen molar-refractivity contribution in [3.8, 4) is 0 Å². The van der Waals surface area contributed by atoms with E-state index in [1.54, 1.807) is 37.4 Å². The lowest BCUT2D eigenvalue weighted by Gasteiger charge is -2.34. The first-order valence-corrected chi connectivity index (χ1v) is 16.8. The molecule has 44 heavy (non-hydrogen) atoms. The van der Waals surface area contributed by atoms with Crippen LogP contribution in [0.5, 0.6) is 0 Å². The molecule has 0 saturated heterocycles. The standard InChI is InChI=1S/C34H38Cl2N4O3S/c1-4-39(5-2)23-26-10-8-25(9-11-26)21-31(27-7-6-19-38-22-27)40(20-18-33(37)41)28-12-14-29(15-13-28)44(42,43)32-17-16-30(35)24(3)34(32)36/h6-17,19,22,31H,4-5,18,20-21,23H2,1-3H3,(H2,37,41). The summed E-state index contributed by atoms with van der Waals surface area (Å²) in [6.07, 6.45) is 4.30. The third-order valence-electron chi connectivity index (χ3n) is 7.85. The molecule has 7 nitrogen and oxygen atoms in total. The van der Waals surface area contributed by atoms with Gasteiger partial charge in [-0.25, -0.2) is 8.42 Å². The maximum Gasteiger partial charge on any atom is 0.219 e. The molecule has 10 heteroatoms. The first-order valence-electron chi connectivity index (χ1n) is 14.6. The summed E-state index contributed by atoms with van der Waals surface area (Å²) in [6, 6.07) is 21.9. The number of primary amides is 1. The molecule has 1 aromatic heterocycles. The summed E-state index contributed by atoms with van der Waals surface area (Å²) >= 11 is 12.5. The molecule has 0 fully saturated rings. The zero-order chi connectivity index (χ0) is 31.9. The Kier molecular flexibility index (Phi) is 11.4. The van der Waals surface area contributed by atoms with Gasteiger partial charge in [-0.2, -0.15) is 0 Å². The Hall–Kier alpha value is -3.43. The number of benzene rings is 3. The van der Waals surface area contributed by atoms with Gasteiger partial charge >= 0.3 is 0 Å². The highest BCUT2D eigenvalue weighted by Gasteiger charge is 2.26. The number of nitrogens with zero attached hydrogens (tertiary/aromatic N) is 3. The molecule has 0 saturated carbocycles. The number of aromatic nitrogens is 1. The van der Waals surface area contributed by atoms with Gasteiger partial charge in [0, 0.05) is 42.6 Å². The van der Waals surface area contributed by atoms with Crippen LogP contribution in [0.25, 0.3) is 0 Å². The quantitative estimate of drug-likeness (QED) is 0.157. The molecule has 4 aromatic rings. The molecule has 1 amide bonds. The molecule has 1 atom stereocenters. The molecule has 0 bridgehead atoms. The Morgan fingerprint density at radius 3 is 2.18 bits per heavy atom. The van der Waals surface area contributed by atoms with Crippen molar-refractivity contribution in [1.82, 2.24) is 9.88 Å². The lowest BCUT2D eigenvalue weighted by Crippen LogP contribution is -2.33. The highest BCUT2D eigenvalue weighted by molar-refractivity contribution is 7.91. The van der Waals surface area contributed by atoms with E-state index in [0.29, 0.717) is 23.6 Å². The predicted molar refractivity (Wildman–Crippen MR) is 178 cm³/mol. The number of hydrogen-bond donors (Lipinski definition) is 1. The lowest BCUT2D eigenvalue weighted by molar-refractivity contribution is -0.117. The number of carbonyl (C=O) groups is 1. The lowest BCUT2D eigenvalue weighted by atomic mass is 9.96. The maximum absolute atomic E-state index is 13.5. The van der Waals surface area contributed by atoms with Crippen LogP contribution in [0.15, 0.2) is 95.0 Å². The van der Waals surface area contributed by atoms with Gasteiger partial charge in [-0.15, -0.1) is 0 Å². The van der Waals surface area contributed by atoms with Crippen LogP contribution in [0.2, 0.25) is 10.0 Å². The van der Waals surface area contributed by atoms with Gasteiger partial charge in [-0.05, 0) is 91.2 Å². The number of carbonyl (C=O) groups excluding carboxylic acids is 1. The largest absolute Gasteiger partial charge is 0.370 e. The first-order chi connectivity index (χ1) is 21.0. The van der Waals surface area contributed by atoms with E-state index in [1.165, 1.54) is 17.7 Å². The average Bonchev–Trinajstić information content (AvgIpc) is 3.03. The predicted octanol–water partition coefficient (Wildman–Crippen LogP) is 7.04. The molecule has 1 heterocycles. The monoisotopic (exact) mass is 652 g/mol. The smallest absolute Gasteiger partial charge is 0.219 e. The van der Waals surface area contributed by atoms with Gasteiger partial charge in [-0.3, -0.25) is 14.7 Å². The van der Waals surface area contributed by atoms with Crippen molar-refractivity contribution < 1.29 is 13.2 Å². The van der Waals surface area contributed by atoms with Gasteiger partial charge in [0.1, 0.15) is 0 Å². The number of hydrogen-bond acceptors (Lipinski definition) is 6. The summed E-state index contributed by atoms with van der Waals surface area (Å²) < 4.78 is 27.1. The summed E-state index contributed by atoms with van der Waals surface area (Å²) in [5, 5.41) is 0.499. The van der Waals surface area contributed by atoms with E-state index in [9.17, 15) is 13.2 Å². The van der Waals surface area contributed by atoms with Crippen molar-refractivity contribution in [2.75, 3.05) is 24.5 Å². The molecule has 0 aliphatic heterocycles. The molecule has 0 spiro atoms. The summed E-state index contributed by atoms with van der Waals surface area (Å²) in [5.74, 6) is -0.423. The Bertz CT molecular complexity index is 1660. The second kappa shape index (κ2) is 15.0. The zero-order valence-electron chi connectivity index (χ0n) is 25.2. The second-order valence-electron chi connectivity index (χ2n) is 10.7. The first kappa shape index (κ1) is 33.5. The average molecular weight is 654 g/mol. The molecular formula is C34H38Cl2N4O3S. The Labute approximate surface area is 270 Å². The number of pyridine rings is 1. The van der Waals surface area contributed by atoms with Gasteiger partial charge in [0.15, 0.2) is 0 Å². The van der Waals surface area contributed by atoms with Crippen molar-refractivity contribution in [1.29, 1.82) is 0 Å². The zero-order valence-corrected chi connectivity index (χ0v) is 27.5. The van der Waals surface area contributed by atoms with Gasteiger partial charge < -0.3 is 10.6 Å². The number of amides is 1. The van der Waals surface area contributed by atoms with Gasteiger partial charge in [0.2, 0.25) is 15.7 Å². The van der Waals surface area contributed by atoms with Gasteiger partial charge in [0.05, 0.1) is 20.9 Å². The number of nitrogens with two attached hydrogens (primary N) is 1. The fourth-order valence-corrected chi connectivity index (χ4v) is 7.23. The van der Waals surface area contributed by atoms with Crippen molar-refractivity contribution in [3.63, 3.8) is 0 Å². The highest BCUT2D eigenvalue weighted by Crippen LogP contribution is 2.35. The van der Waals surface area contributed by atoms with E-state index in [0.717, 1.165) is 36.4 Å².